The molecule has 0 aliphatic carbocycles. The molecule has 3 aromatic carbocycles. The monoisotopic (exact) mass is 496 g/mol. The maximum absolute atomic E-state index is 12.9. The van der Waals surface area contributed by atoms with Gasteiger partial charge in [-0.1, -0.05) is 64.6 Å². The van der Waals surface area contributed by atoms with Crippen molar-refractivity contribution in [1.82, 2.24) is 5.32 Å². The summed E-state index contributed by atoms with van der Waals surface area (Å²) in [4.78, 5) is 25.5. The molecule has 0 aliphatic heterocycles. The predicted octanol–water partition coefficient (Wildman–Crippen LogP) is 6.18. The number of rotatable bonds is 7. The Morgan fingerprint density at radius 3 is 2.19 bits per heavy atom. The Kier molecular flexibility index (Phi) is 8.04. The number of hydrogen-bond donors (Lipinski definition) is 2. The zero-order chi connectivity index (χ0) is 22.4. The van der Waals surface area contributed by atoms with Crippen molar-refractivity contribution in [3.05, 3.63) is 92.4 Å². The summed E-state index contributed by atoms with van der Waals surface area (Å²) in [5, 5.41) is 7.10. The van der Waals surface area contributed by atoms with E-state index in [2.05, 4.69) is 10.6 Å². The van der Waals surface area contributed by atoms with Gasteiger partial charge < -0.3 is 15.4 Å². The highest BCUT2D eigenvalue weighted by molar-refractivity contribution is 6.35. The number of anilines is 1. The number of hydrogen-bond acceptors (Lipinski definition) is 3. The molecule has 3 rings (SSSR count). The Morgan fingerprint density at radius 2 is 1.52 bits per heavy atom. The molecule has 0 bridgehead atoms. The molecular weight excluding hydrogens is 482 g/mol. The van der Waals surface area contributed by atoms with E-state index in [4.69, 9.17) is 51.1 Å². The average Bonchev–Trinajstić information content (AvgIpc) is 2.72. The van der Waals surface area contributed by atoms with Crippen molar-refractivity contribution in [2.75, 3.05) is 11.9 Å². The fraction of sp³-hybridized carbons (Fsp3) is 0.0909. The lowest BCUT2D eigenvalue weighted by molar-refractivity contribution is -0.128. The van der Waals surface area contributed by atoms with Crippen LogP contribution in [0, 0.1) is 0 Å². The molecule has 0 aromatic heterocycles. The molecule has 0 unspecified atom stereocenters. The molecule has 3 aromatic rings. The minimum absolute atomic E-state index is 0.272. The highest BCUT2D eigenvalue weighted by atomic mass is 35.5. The Balaban J connectivity index is 1.73. The number of nitrogens with one attached hydrogen (secondary N) is 2. The minimum atomic E-state index is -0.993. The van der Waals surface area contributed by atoms with Crippen LogP contribution in [0.3, 0.4) is 0 Å². The van der Waals surface area contributed by atoms with Gasteiger partial charge in [-0.05, 0) is 54.1 Å². The summed E-state index contributed by atoms with van der Waals surface area (Å²) in [6, 6.07) is 16.9. The maximum Gasteiger partial charge on any atom is 0.258 e. The number of halogens is 4. The second kappa shape index (κ2) is 10.7. The Morgan fingerprint density at radius 1 is 0.839 bits per heavy atom. The molecule has 0 spiro atoms. The van der Waals surface area contributed by atoms with E-state index in [1.165, 1.54) is 6.07 Å². The zero-order valence-electron chi connectivity index (χ0n) is 15.9. The summed E-state index contributed by atoms with van der Waals surface area (Å²) in [5.41, 5.74) is 1.04. The average molecular weight is 498 g/mol. The van der Waals surface area contributed by atoms with Crippen molar-refractivity contribution in [1.29, 1.82) is 0 Å². The third-order valence-electron chi connectivity index (χ3n) is 4.12. The van der Waals surface area contributed by atoms with Gasteiger partial charge in [0.2, 0.25) is 0 Å². The van der Waals surface area contributed by atoms with Crippen LogP contribution in [0.5, 0.6) is 5.75 Å². The van der Waals surface area contributed by atoms with E-state index in [1.54, 1.807) is 60.7 Å². The van der Waals surface area contributed by atoms with Crippen molar-refractivity contribution < 1.29 is 14.3 Å². The summed E-state index contributed by atoms with van der Waals surface area (Å²) in [6.07, 6.45) is 0. The fourth-order valence-corrected chi connectivity index (χ4v) is 3.45. The van der Waals surface area contributed by atoms with Crippen LogP contribution in [-0.4, -0.2) is 18.4 Å². The van der Waals surface area contributed by atoms with Gasteiger partial charge in [0.1, 0.15) is 11.8 Å². The highest BCUT2D eigenvalue weighted by Gasteiger charge is 2.23. The van der Waals surface area contributed by atoms with Crippen molar-refractivity contribution >= 4 is 63.9 Å². The van der Waals surface area contributed by atoms with Gasteiger partial charge in [0.15, 0.2) is 6.61 Å². The standard InChI is InChI=1S/C22H16Cl4N2O3/c23-14-6-4-13(5-7-14)21(22(30)27-17-3-1-2-15(24)10-17)28-20(29)12-31-19-9-8-16(25)11-18(19)26/h1-11,21H,12H2,(H,27,30)(H,28,29)/t21-/m1/s1. The fourth-order valence-electron chi connectivity index (χ4n) is 2.67. The minimum Gasteiger partial charge on any atom is -0.482 e. The first-order valence-corrected chi connectivity index (χ1v) is 10.5. The maximum atomic E-state index is 12.9. The summed E-state index contributed by atoms with van der Waals surface area (Å²) in [5.74, 6) is -0.678. The van der Waals surface area contributed by atoms with Crippen molar-refractivity contribution in [3.8, 4) is 5.75 Å². The Labute approximate surface area is 199 Å². The molecule has 9 heteroatoms. The predicted molar refractivity (Wildman–Crippen MR) is 124 cm³/mol. The van der Waals surface area contributed by atoms with Gasteiger partial charge in [0, 0.05) is 20.8 Å². The third-order valence-corrected chi connectivity index (χ3v) is 5.13. The first-order valence-electron chi connectivity index (χ1n) is 9.01. The summed E-state index contributed by atoms with van der Waals surface area (Å²) in [6.45, 7) is -0.351. The molecule has 1 atom stereocenters. The summed E-state index contributed by atoms with van der Waals surface area (Å²) < 4.78 is 5.45. The number of benzene rings is 3. The van der Waals surface area contributed by atoms with Crippen LogP contribution in [0.25, 0.3) is 0 Å². The molecular formula is C22H16Cl4N2O3. The van der Waals surface area contributed by atoms with Crippen LogP contribution in [0.4, 0.5) is 5.69 Å². The van der Waals surface area contributed by atoms with Crippen molar-refractivity contribution in [3.63, 3.8) is 0 Å². The molecule has 0 fully saturated rings. The van der Waals surface area contributed by atoms with Gasteiger partial charge in [0.25, 0.3) is 11.8 Å². The van der Waals surface area contributed by atoms with Crippen molar-refractivity contribution in [2.24, 2.45) is 0 Å². The van der Waals surface area contributed by atoms with Gasteiger partial charge in [-0.2, -0.15) is 0 Å². The first-order chi connectivity index (χ1) is 14.8. The molecule has 2 amide bonds. The molecule has 0 saturated carbocycles. The lowest BCUT2D eigenvalue weighted by Crippen LogP contribution is -2.39. The molecule has 0 aliphatic rings. The summed E-state index contributed by atoms with van der Waals surface area (Å²) >= 11 is 23.8. The van der Waals surface area contributed by atoms with Gasteiger partial charge in [-0.25, -0.2) is 0 Å². The van der Waals surface area contributed by atoms with E-state index in [9.17, 15) is 9.59 Å². The summed E-state index contributed by atoms with van der Waals surface area (Å²) in [7, 11) is 0. The molecule has 160 valence electrons. The largest absolute Gasteiger partial charge is 0.482 e. The van der Waals surface area contributed by atoms with E-state index in [1.807, 2.05) is 0 Å². The highest BCUT2D eigenvalue weighted by Crippen LogP contribution is 2.27. The first kappa shape index (κ1) is 23.2. The van der Waals surface area contributed by atoms with E-state index >= 15 is 0 Å². The normalized spacial score (nSPS) is 11.5. The van der Waals surface area contributed by atoms with Gasteiger partial charge in [-0.3, -0.25) is 9.59 Å². The van der Waals surface area contributed by atoms with Crippen LogP contribution in [0.15, 0.2) is 66.7 Å². The number of amides is 2. The van der Waals surface area contributed by atoms with Crippen LogP contribution in [0.2, 0.25) is 20.1 Å². The molecule has 2 N–H and O–H groups in total. The van der Waals surface area contributed by atoms with E-state index < -0.39 is 17.9 Å². The van der Waals surface area contributed by atoms with Gasteiger partial charge >= 0.3 is 0 Å². The van der Waals surface area contributed by atoms with E-state index in [-0.39, 0.29) is 11.6 Å². The second-order valence-electron chi connectivity index (χ2n) is 6.42. The Bertz CT molecular complexity index is 1090. The lowest BCUT2D eigenvalue weighted by atomic mass is 10.1. The van der Waals surface area contributed by atoms with Crippen LogP contribution < -0.4 is 15.4 Å². The molecule has 0 radical (unpaired) electrons. The topological polar surface area (TPSA) is 67.4 Å². The lowest BCUT2D eigenvalue weighted by Gasteiger charge is -2.19. The van der Waals surface area contributed by atoms with E-state index in [0.717, 1.165) is 0 Å². The molecule has 0 heterocycles. The van der Waals surface area contributed by atoms with Crippen LogP contribution >= 0.6 is 46.4 Å². The number of carbonyl (C=O) groups excluding carboxylic acids is 2. The van der Waals surface area contributed by atoms with Crippen molar-refractivity contribution in [2.45, 2.75) is 6.04 Å². The number of ether oxygens (including phenoxy) is 1. The Hall–Kier alpha value is -2.44. The van der Waals surface area contributed by atoms with Gasteiger partial charge in [-0.15, -0.1) is 0 Å². The molecule has 0 saturated heterocycles. The van der Waals surface area contributed by atoms with E-state index in [0.29, 0.717) is 32.1 Å². The number of carbonyl (C=O) groups is 2. The van der Waals surface area contributed by atoms with Crippen LogP contribution in [0.1, 0.15) is 11.6 Å². The molecule has 5 nitrogen and oxygen atoms in total. The zero-order valence-corrected chi connectivity index (χ0v) is 18.9. The SMILES string of the molecule is O=C(COc1ccc(Cl)cc1Cl)N[C@@H](C(=O)Nc1cccc(Cl)c1)c1ccc(Cl)cc1. The van der Waals surface area contributed by atoms with Gasteiger partial charge in [0.05, 0.1) is 5.02 Å². The molecule has 31 heavy (non-hydrogen) atoms. The van der Waals surface area contributed by atoms with Crippen LogP contribution in [-0.2, 0) is 9.59 Å². The smallest absolute Gasteiger partial charge is 0.258 e. The third kappa shape index (κ3) is 6.77. The quantitative estimate of drug-likeness (QED) is 0.409. The second-order valence-corrected chi connectivity index (χ2v) is 8.13.